The van der Waals surface area contributed by atoms with Crippen LogP contribution in [0.5, 0.6) is 0 Å². The van der Waals surface area contributed by atoms with E-state index in [2.05, 4.69) is 43.1 Å². The minimum atomic E-state index is 0. The van der Waals surface area contributed by atoms with Crippen molar-refractivity contribution in [3.05, 3.63) is 29.8 Å². The molecule has 1 amide bonds. The zero-order chi connectivity index (χ0) is 21.5. The van der Waals surface area contributed by atoms with E-state index in [1.165, 1.54) is 50.5 Å². The Labute approximate surface area is 204 Å². The van der Waals surface area contributed by atoms with Gasteiger partial charge in [0, 0.05) is 25.4 Å². The van der Waals surface area contributed by atoms with Crippen LogP contribution in [0.15, 0.2) is 29.3 Å². The number of carbonyl (C=O) groups excluding carboxylic acids is 1. The second-order valence-electron chi connectivity index (χ2n) is 10.4. The van der Waals surface area contributed by atoms with Gasteiger partial charge in [0.2, 0.25) is 5.91 Å². The number of amidine groups is 1. The molecule has 32 heavy (non-hydrogen) atoms. The minimum Gasteiger partial charge on any atom is -0.333 e. The highest BCUT2D eigenvalue weighted by Crippen LogP contribution is 2.55. The first-order valence-corrected chi connectivity index (χ1v) is 13.3. The molecular weight excluding hydrogens is 438 g/mol. The van der Waals surface area contributed by atoms with Crippen LogP contribution in [0.4, 0.5) is 5.69 Å². The molecule has 0 radical (unpaired) electrons. The van der Waals surface area contributed by atoms with Gasteiger partial charge in [-0.05, 0) is 86.3 Å². The summed E-state index contributed by atoms with van der Waals surface area (Å²) >= 11 is 1.84. The maximum Gasteiger partial charge on any atom is 0.225 e. The third-order valence-electron chi connectivity index (χ3n) is 8.22. The van der Waals surface area contributed by atoms with Gasteiger partial charge in [-0.3, -0.25) is 14.7 Å². The third-order valence-corrected chi connectivity index (χ3v) is 9.33. The third kappa shape index (κ3) is 4.57. The van der Waals surface area contributed by atoms with Crippen molar-refractivity contribution in [3.63, 3.8) is 0 Å². The summed E-state index contributed by atoms with van der Waals surface area (Å²) in [6, 6.07) is 9.13. The summed E-state index contributed by atoms with van der Waals surface area (Å²) in [5.41, 5.74) is 2.36. The summed E-state index contributed by atoms with van der Waals surface area (Å²) in [4.78, 5) is 22.3. The molecule has 1 saturated heterocycles. The van der Waals surface area contributed by atoms with Crippen molar-refractivity contribution in [2.24, 2.45) is 28.7 Å². The molecule has 4 bridgehead atoms. The van der Waals surface area contributed by atoms with Crippen molar-refractivity contribution in [1.82, 2.24) is 4.90 Å². The number of halogens is 1. The first-order chi connectivity index (χ1) is 15.0. The fourth-order valence-electron chi connectivity index (χ4n) is 6.87. The lowest BCUT2D eigenvalue weighted by molar-refractivity contribution is -0.117. The van der Waals surface area contributed by atoms with E-state index in [0.717, 1.165) is 46.7 Å². The molecule has 0 N–H and O–H groups in total. The van der Waals surface area contributed by atoms with Gasteiger partial charge in [-0.15, -0.1) is 12.4 Å². The fourth-order valence-corrected chi connectivity index (χ4v) is 8.06. The van der Waals surface area contributed by atoms with Crippen LogP contribution in [0.25, 0.3) is 0 Å². The molecule has 1 aliphatic heterocycles. The summed E-state index contributed by atoms with van der Waals surface area (Å²) < 4.78 is 0. The molecule has 4 saturated carbocycles. The van der Waals surface area contributed by atoms with E-state index in [4.69, 9.17) is 4.99 Å². The number of carbonyl (C=O) groups is 1. The number of aryl methyl sites for hydroxylation is 1. The van der Waals surface area contributed by atoms with Gasteiger partial charge in [0.1, 0.15) is 6.17 Å². The van der Waals surface area contributed by atoms with Gasteiger partial charge in [0.05, 0.1) is 6.04 Å². The van der Waals surface area contributed by atoms with Gasteiger partial charge in [0.25, 0.3) is 0 Å². The van der Waals surface area contributed by atoms with Crippen molar-refractivity contribution in [3.8, 4) is 0 Å². The zero-order valence-corrected chi connectivity index (χ0v) is 21.3. The SMILES string of the molecule is CCCCc1ccc(N(C(C)=O)C2CSC(=NC3C4CC5CC(C4)CC3C5)N2C)cc1.Cl. The number of nitrogens with zero attached hydrogens (tertiary/aromatic N) is 3. The highest BCUT2D eigenvalue weighted by molar-refractivity contribution is 8.14. The molecule has 1 aromatic carbocycles. The number of rotatable bonds is 6. The molecule has 6 heteroatoms. The van der Waals surface area contributed by atoms with Crippen LogP contribution >= 0.6 is 24.2 Å². The Kier molecular flexibility index (Phi) is 7.46. The fraction of sp³-hybridized carbons (Fsp3) is 0.692. The van der Waals surface area contributed by atoms with Gasteiger partial charge >= 0.3 is 0 Å². The van der Waals surface area contributed by atoms with Crippen LogP contribution < -0.4 is 4.90 Å². The Morgan fingerprint density at radius 3 is 2.28 bits per heavy atom. The number of thioether (sulfide) groups is 1. The molecule has 1 heterocycles. The number of hydrogen-bond donors (Lipinski definition) is 0. The van der Waals surface area contributed by atoms with Crippen molar-refractivity contribution < 1.29 is 4.79 Å². The van der Waals surface area contributed by atoms with E-state index in [1.807, 2.05) is 16.7 Å². The molecule has 1 unspecified atom stereocenters. The normalized spacial score (nSPS) is 34.1. The molecule has 6 rings (SSSR count). The molecular formula is C26H38ClN3OS. The maximum absolute atomic E-state index is 12.7. The van der Waals surface area contributed by atoms with Gasteiger partial charge in [0.15, 0.2) is 5.17 Å². The van der Waals surface area contributed by atoms with Crippen molar-refractivity contribution in [1.29, 1.82) is 0 Å². The predicted octanol–water partition coefficient (Wildman–Crippen LogP) is 5.99. The highest BCUT2D eigenvalue weighted by atomic mass is 35.5. The Morgan fingerprint density at radius 2 is 1.72 bits per heavy atom. The molecule has 0 aromatic heterocycles. The molecule has 4 nitrogen and oxygen atoms in total. The summed E-state index contributed by atoms with van der Waals surface area (Å²) in [5.74, 6) is 4.56. The first-order valence-electron chi connectivity index (χ1n) is 12.4. The largest absolute Gasteiger partial charge is 0.333 e. The van der Waals surface area contributed by atoms with Crippen LogP contribution in [-0.4, -0.2) is 41.0 Å². The van der Waals surface area contributed by atoms with Gasteiger partial charge < -0.3 is 4.90 Å². The Hall–Kier alpha value is -1.20. The smallest absolute Gasteiger partial charge is 0.225 e. The quantitative estimate of drug-likeness (QED) is 0.507. The lowest BCUT2D eigenvalue weighted by Gasteiger charge is -2.53. The zero-order valence-electron chi connectivity index (χ0n) is 19.7. The molecule has 1 atom stereocenters. The first kappa shape index (κ1) is 23.9. The topological polar surface area (TPSA) is 35.9 Å². The average molecular weight is 476 g/mol. The van der Waals surface area contributed by atoms with E-state index in [-0.39, 0.29) is 24.5 Å². The molecule has 5 aliphatic rings. The maximum atomic E-state index is 12.7. The van der Waals surface area contributed by atoms with Crippen molar-refractivity contribution >= 4 is 40.9 Å². The number of unbranched alkanes of at least 4 members (excludes halogenated alkanes) is 1. The summed E-state index contributed by atoms with van der Waals surface area (Å²) in [5, 5.41) is 1.15. The minimum absolute atomic E-state index is 0. The summed E-state index contributed by atoms with van der Waals surface area (Å²) in [7, 11) is 2.13. The Balaban J connectivity index is 0.00000245. The predicted molar refractivity (Wildman–Crippen MR) is 138 cm³/mol. The van der Waals surface area contributed by atoms with E-state index in [9.17, 15) is 4.79 Å². The highest BCUT2D eigenvalue weighted by Gasteiger charge is 2.49. The second-order valence-corrected chi connectivity index (χ2v) is 11.4. The van der Waals surface area contributed by atoms with Crippen molar-refractivity contribution in [2.75, 3.05) is 17.7 Å². The molecule has 4 aliphatic carbocycles. The lowest BCUT2D eigenvalue weighted by atomic mass is 9.54. The molecule has 1 aromatic rings. The number of hydrogen-bond acceptors (Lipinski definition) is 3. The number of anilines is 1. The monoisotopic (exact) mass is 475 g/mol. The Bertz CT molecular complexity index is 814. The number of amides is 1. The van der Waals surface area contributed by atoms with E-state index in [1.54, 1.807) is 6.92 Å². The van der Waals surface area contributed by atoms with E-state index >= 15 is 0 Å². The van der Waals surface area contributed by atoms with Gasteiger partial charge in [-0.2, -0.15) is 0 Å². The van der Waals surface area contributed by atoms with Crippen LogP contribution in [0.2, 0.25) is 0 Å². The standard InChI is InChI=1S/C26H37N3OS.ClH/c1-4-5-6-18-7-9-23(10-8-18)29(17(2)30)24-16-31-26(28(24)3)27-25-21-12-19-11-20(14-21)15-22(25)13-19;/h7-10,19-22,24-25H,4-6,11-16H2,1-3H3;1H. The second kappa shape index (κ2) is 9.97. The van der Waals surface area contributed by atoms with Gasteiger partial charge in [-0.25, -0.2) is 0 Å². The van der Waals surface area contributed by atoms with E-state index in [0.29, 0.717) is 6.04 Å². The molecule has 176 valence electrons. The number of aliphatic imine (C=N–C) groups is 1. The lowest BCUT2D eigenvalue weighted by Crippen LogP contribution is -2.50. The molecule has 5 fully saturated rings. The number of benzene rings is 1. The van der Waals surface area contributed by atoms with Crippen LogP contribution in [0, 0.1) is 23.7 Å². The Morgan fingerprint density at radius 1 is 1.09 bits per heavy atom. The van der Waals surface area contributed by atoms with Crippen LogP contribution in [0.1, 0.15) is 64.4 Å². The van der Waals surface area contributed by atoms with Crippen molar-refractivity contribution in [2.45, 2.75) is 77.4 Å². The van der Waals surface area contributed by atoms with E-state index < -0.39 is 0 Å². The summed E-state index contributed by atoms with van der Waals surface area (Å²) in [6.07, 6.45) is 10.6. The molecule has 0 spiro atoms. The average Bonchev–Trinajstić information content (AvgIpc) is 3.09. The van der Waals surface area contributed by atoms with Crippen LogP contribution in [-0.2, 0) is 11.2 Å². The summed E-state index contributed by atoms with van der Waals surface area (Å²) in [6.45, 7) is 3.91. The van der Waals surface area contributed by atoms with Gasteiger partial charge in [-0.1, -0.05) is 37.2 Å². The van der Waals surface area contributed by atoms with Crippen LogP contribution in [0.3, 0.4) is 0 Å².